The maximum absolute atomic E-state index is 12.5. The van der Waals surface area contributed by atoms with Crippen molar-refractivity contribution in [1.82, 2.24) is 10.3 Å². The fraction of sp³-hybridized carbons (Fsp3) is 0.158. The van der Waals surface area contributed by atoms with Gasteiger partial charge in [0.2, 0.25) is 0 Å². The molecule has 0 saturated heterocycles. The van der Waals surface area contributed by atoms with Crippen LogP contribution < -0.4 is 10.6 Å². The molecule has 3 aromatic rings. The molecule has 0 unspecified atom stereocenters. The molecule has 0 radical (unpaired) electrons. The number of anilines is 1. The van der Waals surface area contributed by atoms with Crippen LogP contribution in [0.5, 0.6) is 0 Å². The van der Waals surface area contributed by atoms with Crippen molar-refractivity contribution in [3.63, 3.8) is 0 Å². The van der Waals surface area contributed by atoms with Gasteiger partial charge in [0.05, 0.1) is 11.3 Å². The predicted octanol–water partition coefficient (Wildman–Crippen LogP) is 3.31. The Morgan fingerprint density at radius 2 is 1.71 bits per heavy atom. The normalized spacial score (nSPS) is 13.7. The summed E-state index contributed by atoms with van der Waals surface area (Å²) in [6, 6.07) is 16.8. The van der Waals surface area contributed by atoms with E-state index < -0.39 is 0 Å². The van der Waals surface area contributed by atoms with Crippen molar-refractivity contribution in [1.29, 1.82) is 0 Å². The van der Waals surface area contributed by atoms with Gasteiger partial charge in [0.25, 0.3) is 11.8 Å². The minimum Gasteiger partial charge on any atom is -0.351 e. The van der Waals surface area contributed by atoms with E-state index in [1.54, 1.807) is 30.3 Å². The molecule has 1 aliphatic carbocycles. The van der Waals surface area contributed by atoms with Crippen LogP contribution in [0.2, 0.25) is 0 Å². The molecule has 1 saturated carbocycles. The Morgan fingerprint density at radius 3 is 2.50 bits per heavy atom. The first-order chi connectivity index (χ1) is 11.7. The molecular formula is C19H17N3O2. The topological polar surface area (TPSA) is 74.0 Å². The summed E-state index contributed by atoms with van der Waals surface area (Å²) in [6.45, 7) is 0. The van der Waals surface area contributed by atoms with Crippen molar-refractivity contribution in [2.45, 2.75) is 18.9 Å². The van der Waals surface area contributed by atoms with E-state index in [-0.39, 0.29) is 17.9 Å². The summed E-state index contributed by atoms with van der Waals surface area (Å²) in [7, 11) is 0. The lowest BCUT2D eigenvalue weighted by atomic mass is 10.1. The second-order valence-electron chi connectivity index (χ2n) is 6.02. The van der Waals surface area contributed by atoms with Crippen LogP contribution in [0.15, 0.2) is 54.6 Å². The molecule has 1 aliphatic rings. The van der Waals surface area contributed by atoms with E-state index in [2.05, 4.69) is 15.6 Å². The molecule has 5 nitrogen and oxygen atoms in total. The van der Waals surface area contributed by atoms with Gasteiger partial charge in [-0.15, -0.1) is 0 Å². The van der Waals surface area contributed by atoms with Gasteiger partial charge in [0.1, 0.15) is 5.69 Å². The molecule has 1 heterocycles. The molecular weight excluding hydrogens is 302 g/mol. The third-order valence-corrected chi connectivity index (χ3v) is 4.11. The SMILES string of the molecule is O=C(Nc1ccccc1C(=O)NC1CC1)c1cc2ccccc2[nH]1. The molecule has 3 N–H and O–H groups in total. The third-order valence-electron chi connectivity index (χ3n) is 4.11. The zero-order valence-electron chi connectivity index (χ0n) is 13.0. The molecule has 0 bridgehead atoms. The monoisotopic (exact) mass is 319 g/mol. The van der Waals surface area contributed by atoms with E-state index in [9.17, 15) is 9.59 Å². The van der Waals surface area contributed by atoms with E-state index in [0.29, 0.717) is 16.9 Å². The van der Waals surface area contributed by atoms with E-state index in [1.165, 1.54) is 0 Å². The van der Waals surface area contributed by atoms with Gasteiger partial charge in [-0.05, 0) is 37.1 Å². The molecule has 0 atom stereocenters. The highest BCUT2D eigenvalue weighted by molar-refractivity contribution is 6.09. The molecule has 0 spiro atoms. The van der Waals surface area contributed by atoms with Crippen molar-refractivity contribution < 1.29 is 9.59 Å². The Hall–Kier alpha value is -3.08. The van der Waals surface area contributed by atoms with E-state index in [1.807, 2.05) is 24.3 Å². The highest BCUT2D eigenvalue weighted by Crippen LogP contribution is 2.22. The molecule has 5 heteroatoms. The first-order valence-corrected chi connectivity index (χ1v) is 8.00. The second kappa shape index (κ2) is 5.85. The fourth-order valence-corrected chi connectivity index (χ4v) is 2.67. The van der Waals surface area contributed by atoms with Crippen LogP contribution in [0.1, 0.15) is 33.7 Å². The van der Waals surface area contributed by atoms with Gasteiger partial charge in [-0.25, -0.2) is 0 Å². The maximum atomic E-state index is 12.5. The Morgan fingerprint density at radius 1 is 0.958 bits per heavy atom. The van der Waals surface area contributed by atoms with Gasteiger partial charge >= 0.3 is 0 Å². The minimum absolute atomic E-state index is 0.148. The Balaban J connectivity index is 1.58. The average Bonchev–Trinajstić information content (AvgIpc) is 3.29. The van der Waals surface area contributed by atoms with Gasteiger partial charge < -0.3 is 15.6 Å². The van der Waals surface area contributed by atoms with E-state index >= 15 is 0 Å². The van der Waals surface area contributed by atoms with Gasteiger partial charge in [-0.3, -0.25) is 9.59 Å². The van der Waals surface area contributed by atoms with Gasteiger partial charge in [0.15, 0.2) is 0 Å². The molecule has 2 amide bonds. The van der Waals surface area contributed by atoms with Crippen LogP contribution in [0.4, 0.5) is 5.69 Å². The van der Waals surface area contributed by atoms with Crippen molar-refractivity contribution in [3.05, 3.63) is 65.9 Å². The number of hydrogen-bond donors (Lipinski definition) is 3. The number of fused-ring (bicyclic) bond motifs is 1. The smallest absolute Gasteiger partial charge is 0.272 e. The number of nitrogens with one attached hydrogen (secondary N) is 3. The quantitative estimate of drug-likeness (QED) is 0.690. The summed E-state index contributed by atoms with van der Waals surface area (Å²) < 4.78 is 0. The zero-order valence-corrected chi connectivity index (χ0v) is 13.0. The number of benzene rings is 2. The average molecular weight is 319 g/mol. The first kappa shape index (κ1) is 14.5. The van der Waals surface area contributed by atoms with Gasteiger partial charge in [-0.1, -0.05) is 30.3 Å². The summed E-state index contributed by atoms with van der Waals surface area (Å²) in [5.74, 6) is -0.414. The number of amides is 2. The second-order valence-corrected chi connectivity index (χ2v) is 6.02. The van der Waals surface area contributed by atoms with Gasteiger partial charge in [-0.2, -0.15) is 0 Å². The maximum Gasteiger partial charge on any atom is 0.272 e. The Labute approximate surface area is 139 Å². The van der Waals surface area contributed by atoms with Crippen LogP contribution in [-0.4, -0.2) is 22.8 Å². The molecule has 1 fully saturated rings. The predicted molar refractivity (Wildman–Crippen MR) is 93.2 cm³/mol. The number of rotatable bonds is 4. The van der Waals surface area contributed by atoms with Crippen molar-refractivity contribution in [3.8, 4) is 0 Å². The molecule has 120 valence electrons. The number of aromatic nitrogens is 1. The van der Waals surface area contributed by atoms with Crippen molar-refractivity contribution in [2.24, 2.45) is 0 Å². The van der Waals surface area contributed by atoms with Crippen LogP contribution in [-0.2, 0) is 0 Å². The summed E-state index contributed by atoms with van der Waals surface area (Å²) in [5.41, 5.74) is 2.36. The number of carbonyl (C=O) groups excluding carboxylic acids is 2. The standard InChI is InChI=1S/C19H17N3O2/c23-18(20-13-9-10-13)14-6-2-4-8-16(14)22-19(24)17-11-12-5-1-3-7-15(12)21-17/h1-8,11,13,21H,9-10H2,(H,20,23)(H,22,24). The van der Waals surface area contributed by atoms with Crippen molar-refractivity contribution >= 4 is 28.4 Å². The first-order valence-electron chi connectivity index (χ1n) is 8.00. The molecule has 1 aromatic heterocycles. The van der Waals surface area contributed by atoms with Gasteiger partial charge in [0, 0.05) is 16.9 Å². The minimum atomic E-state index is -0.266. The van der Waals surface area contributed by atoms with Crippen molar-refractivity contribution in [2.75, 3.05) is 5.32 Å². The summed E-state index contributed by atoms with van der Waals surface area (Å²) in [4.78, 5) is 27.9. The number of hydrogen-bond acceptors (Lipinski definition) is 2. The number of H-pyrrole nitrogens is 1. The zero-order chi connectivity index (χ0) is 16.5. The number of carbonyl (C=O) groups is 2. The number of para-hydroxylation sites is 2. The molecule has 24 heavy (non-hydrogen) atoms. The fourth-order valence-electron chi connectivity index (χ4n) is 2.67. The van der Waals surface area contributed by atoms with E-state index in [0.717, 1.165) is 23.7 Å². The summed E-state index contributed by atoms with van der Waals surface area (Å²) in [6.07, 6.45) is 2.05. The molecule has 0 aliphatic heterocycles. The third kappa shape index (κ3) is 2.88. The van der Waals surface area contributed by atoms with Crippen LogP contribution in [0, 0.1) is 0 Å². The Bertz CT molecular complexity index is 892. The number of aromatic amines is 1. The lowest BCUT2D eigenvalue weighted by Gasteiger charge is -2.10. The van der Waals surface area contributed by atoms with Crippen LogP contribution >= 0.6 is 0 Å². The highest BCUT2D eigenvalue weighted by atomic mass is 16.2. The largest absolute Gasteiger partial charge is 0.351 e. The van der Waals surface area contributed by atoms with E-state index in [4.69, 9.17) is 0 Å². The van der Waals surface area contributed by atoms with Crippen LogP contribution in [0.25, 0.3) is 10.9 Å². The molecule has 2 aromatic carbocycles. The van der Waals surface area contributed by atoms with Crippen LogP contribution in [0.3, 0.4) is 0 Å². The lowest BCUT2D eigenvalue weighted by Crippen LogP contribution is -2.27. The molecule has 4 rings (SSSR count). The lowest BCUT2D eigenvalue weighted by molar-refractivity contribution is 0.0952. The summed E-state index contributed by atoms with van der Waals surface area (Å²) >= 11 is 0. The summed E-state index contributed by atoms with van der Waals surface area (Å²) in [5, 5.41) is 6.75. The Kier molecular flexibility index (Phi) is 3.54. The highest BCUT2D eigenvalue weighted by Gasteiger charge is 2.25.